The minimum Gasteiger partial charge on any atom is -0.486 e. The summed E-state index contributed by atoms with van der Waals surface area (Å²) in [4.78, 5) is 22.9. The summed E-state index contributed by atoms with van der Waals surface area (Å²) in [6.07, 6.45) is 0.841. The van der Waals surface area contributed by atoms with Gasteiger partial charge < -0.3 is 19.9 Å². The maximum absolute atomic E-state index is 11.9. The lowest BCUT2D eigenvalue weighted by molar-refractivity contribution is -0.114. The first kappa shape index (κ1) is 17.5. The maximum atomic E-state index is 11.9. The van der Waals surface area contributed by atoms with Crippen LogP contribution in [0.3, 0.4) is 0 Å². The number of hydrogen-bond acceptors (Lipinski definition) is 5. The van der Waals surface area contributed by atoms with Gasteiger partial charge in [-0.3, -0.25) is 9.59 Å². The van der Waals surface area contributed by atoms with E-state index in [4.69, 9.17) is 9.26 Å². The number of anilines is 1. The zero-order valence-corrected chi connectivity index (χ0v) is 14.0. The summed E-state index contributed by atoms with van der Waals surface area (Å²) >= 11 is 0. The van der Waals surface area contributed by atoms with Crippen LogP contribution in [-0.2, 0) is 11.4 Å². The van der Waals surface area contributed by atoms with Crippen molar-refractivity contribution in [2.75, 3.05) is 5.32 Å². The Morgan fingerprint density at radius 1 is 1.29 bits per heavy atom. The van der Waals surface area contributed by atoms with Crippen LogP contribution in [0.2, 0.25) is 0 Å². The Kier molecular flexibility index (Phi) is 5.95. The van der Waals surface area contributed by atoms with Crippen LogP contribution in [0.25, 0.3) is 0 Å². The molecule has 128 valence electrons. The van der Waals surface area contributed by atoms with Gasteiger partial charge in [-0.1, -0.05) is 12.1 Å². The number of carbonyl (C=O) groups is 2. The highest BCUT2D eigenvalue weighted by atomic mass is 16.5. The standard InChI is InChI=1S/C17H21N3O4/c1-4-11(2)18-17(22)16-9-15(24-20-16)10-23-14-7-5-13(6-8-14)19-12(3)21/h5-9,11H,4,10H2,1-3H3,(H,18,22)(H,19,21)/t11-/m0/s1. The number of hydrogen-bond donors (Lipinski definition) is 2. The van der Waals surface area contributed by atoms with Crippen molar-refractivity contribution in [3.63, 3.8) is 0 Å². The van der Waals surface area contributed by atoms with Gasteiger partial charge in [0.25, 0.3) is 5.91 Å². The van der Waals surface area contributed by atoms with Crippen LogP contribution in [-0.4, -0.2) is 23.0 Å². The van der Waals surface area contributed by atoms with Gasteiger partial charge in [0.2, 0.25) is 5.91 Å². The summed E-state index contributed by atoms with van der Waals surface area (Å²) in [5, 5.41) is 9.24. The second-order valence-corrected chi connectivity index (χ2v) is 5.46. The molecule has 0 aliphatic carbocycles. The summed E-state index contributed by atoms with van der Waals surface area (Å²) < 4.78 is 10.7. The van der Waals surface area contributed by atoms with E-state index in [0.717, 1.165) is 6.42 Å². The van der Waals surface area contributed by atoms with E-state index in [1.54, 1.807) is 30.3 Å². The fraction of sp³-hybridized carbons (Fsp3) is 0.353. The lowest BCUT2D eigenvalue weighted by atomic mass is 10.2. The number of aromatic nitrogens is 1. The number of rotatable bonds is 7. The van der Waals surface area contributed by atoms with E-state index < -0.39 is 0 Å². The van der Waals surface area contributed by atoms with Crippen LogP contribution in [0.4, 0.5) is 5.69 Å². The van der Waals surface area contributed by atoms with Crippen molar-refractivity contribution in [2.24, 2.45) is 0 Å². The van der Waals surface area contributed by atoms with Crippen LogP contribution in [0.5, 0.6) is 5.75 Å². The van der Waals surface area contributed by atoms with Crippen LogP contribution in [0.1, 0.15) is 43.4 Å². The van der Waals surface area contributed by atoms with Crippen molar-refractivity contribution >= 4 is 17.5 Å². The SMILES string of the molecule is CC[C@H](C)NC(=O)c1cc(COc2ccc(NC(C)=O)cc2)on1. The molecule has 2 rings (SSSR count). The highest BCUT2D eigenvalue weighted by Crippen LogP contribution is 2.17. The van der Waals surface area contributed by atoms with Gasteiger partial charge in [-0.25, -0.2) is 0 Å². The molecule has 1 aromatic carbocycles. The highest BCUT2D eigenvalue weighted by molar-refractivity contribution is 5.92. The highest BCUT2D eigenvalue weighted by Gasteiger charge is 2.14. The van der Waals surface area contributed by atoms with Gasteiger partial charge >= 0.3 is 0 Å². The number of nitrogens with zero attached hydrogens (tertiary/aromatic N) is 1. The van der Waals surface area contributed by atoms with Gasteiger partial charge in [-0.2, -0.15) is 0 Å². The number of nitrogens with one attached hydrogen (secondary N) is 2. The second kappa shape index (κ2) is 8.14. The van der Waals surface area contributed by atoms with E-state index in [9.17, 15) is 9.59 Å². The number of amides is 2. The van der Waals surface area contributed by atoms with E-state index in [1.165, 1.54) is 6.92 Å². The Balaban J connectivity index is 1.88. The quantitative estimate of drug-likeness (QED) is 0.813. The van der Waals surface area contributed by atoms with Gasteiger partial charge in [-0.05, 0) is 37.6 Å². The van der Waals surface area contributed by atoms with Gasteiger partial charge in [0, 0.05) is 24.7 Å². The van der Waals surface area contributed by atoms with Crippen LogP contribution in [0.15, 0.2) is 34.9 Å². The zero-order valence-electron chi connectivity index (χ0n) is 14.0. The summed E-state index contributed by atoms with van der Waals surface area (Å²) in [7, 11) is 0. The van der Waals surface area contributed by atoms with E-state index in [1.807, 2.05) is 13.8 Å². The summed E-state index contributed by atoms with van der Waals surface area (Å²) in [6, 6.07) is 8.58. The first-order valence-corrected chi connectivity index (χ1v) is 7.75. The predicted molar refractivity (Wildman–Crippen MR) is 88.8 cm³/mol. The molecule has 0 spiro atoms. The van der Waals surface area contributed by atoms with Crippen molar-refractivity contribution in [1.82, 2.24) is 10.5 Å². The Bertz CT molecular complexity index is 694. The topological polar surface area (TPSA) is 93.5 Å². The average molecular weight is 331 g/mol. The van der Waals surface area contributed by atoms with Crippen LogP contribution < -0.4 is 15.4 Å². The fourth-order valence-corrected chi connectivity index (χ4v) is 1.88. The molecule has 0 bridgehead atoms. The summed E-state index contributed by atoms with van der Waals surface area (Å²) in [5.41, 5.74) is 0.924. The largest absolute Gasteiger partial charge is 0.486 e. The molecule has 7 heteroatoms. The Hall–Kier alpha value is -2.83. The smallest absolute Gasteiger partial charge is 0.273 e. The van der Waals surface area contributed by atoms with Gasteiger partial charge in [0.1, 0.15) is 12.4 Å². The monoisotopic (exact) mass is 331 g/mol. The van der Waals surface area contributed by atoms with Gasteiger partial charge in [0.05, 0.1) is 0 Å². The lowest BCUT2D eigenvalue weighted by Gasteiger charge is -2.08. The Labute approximate surface area is 140 Å². The summed E-state index contributed by atoms with van der Waals surface area (Å²) in [5.74, 6) is 0.675. The van der Waals surface area contributed by atoms with Crippen molar-refractivity contribution in [3.8, 4) is 5.75 Å². The number of carbonyl (C=O) groups excluding carboxylic acids is 2. The van der Waals surface area contributed by atoms with Crippen LogP contribution in [0, 0.1) is 0 Å². The molecule has 0 aliphatic rings. The first-order chi connectivity index (χ1) is 11.5. The average Bonchev–Trinajstić information content (AvgIpc) is 3.02. The third-order valence-corrected chi connectivity index (χ3v) is 3.34. The minimum atomic E-state index is -0.265. The molecule has 7 nitrogen and oxygen atoms in total. The van der Waals surface area contributed by atoms with Crippen molar-refractivity contribution in [1.29, 1.82) is 0 Å². The number of ether oxygens (including phenoxy) is 1. The Morgan fingerprint density at radius 2 is 2.00 bits per heavy atom. The molecule has 0 saturated carbocycles. The first-order valence-electron chi connectivity index (χ1n) is 7.75. The molecule has 0 unspecified atom stereocenters. The van der Waals surface area contributed by atoms with Crippen molar-refractivity contribution in [2.45, 2.75) is 39.8 Å². The molecule has 1 aromatic heterocycles. The third kappa shape index (κ3) is 5.12. The molecule has 0 aliphatic heterocycles. The molecule has 2 amide bonds. The van der Waals surface area contributed by atoms with E-state index in [2.05, 4.69) is 15.8 Å². The molecule has 0 saturated heterocycles. The zero-order chi connectivity index (χ0) is 17.5. The summed E-state index contributed by atoms with van der Waals surface area (Å²) in [6.45, 7) is 5.52. The molecular formula is C17H21N3O4. The van der Waals surface area contributed by atoms with Gasteiger partial charge in [-0.15, -0.1) is 0 Å². The predicted octanol–water partition coefficient (Wildman–Crippen LogP) is 2.74. The number of benzene rings is 1. The second-order valence-electron chi connectivity index (χ2n) is 5.46. The van der Waals surface area contributed by atoms with E-state index in [-0.39, 0.29) is 30.2 Å². The fourth-order valence-electron chi connectivity index (χ4n) is 1.88. The van der Waals surface area contributed by atoms with E-state index in [0.29, 0.717) is 17.2 Å². The molecule has 0 fully saturated rings. The van der Waals surface area contributed by atoms with Gasteiger partial charge in [0.15, 0.2) is 11.5 Å². The lowest BCUT2D eigenvalue weighted by Crippen LogP contribution is -2.32. The molecular weight excluding hydrogens is 310 g/mol. The molecule has 2 N–H and O–H groups in total. The molecule has 2 aromatic rings. The van der Waals surface area contributed by atoms with Crippen molar-refractivity contribution < 1.29 is 18.8 Å². The van der Waals surface area contributed by atoms with Crippen molar-refractivity contribution in [3.05, 3.63) is 41.8 Å². The molecule has 0 radical (unpaired) electrons. The normalized spacial score (nSPS) is 11.6. The third-order valence-electron chi connectivity index (χ3n) is 3.34. The molecule has 1 heterocycles. The maximum Gasteiger partial charge on any atom is 0.273 e. The minimum absolute atomic E-state index is 0.0797. The van der Waals surface area contributed by atoms with E-state index >= 15 is 0 Å². The van der Waals surface area contributed by atoms with Crippen LogP contribution >= 0.6 is 0 Å². The Morgan fingerprint density at radius 3 is 2.62 bits per heavy atom. The molecule has 1 atom stereocenters. The molecule has 24 heavy (non-hydrogen) atoms.